The van der Waals surface area contributed by atoms with Crippen molar-refractivity contribution in [3.63, 3.8) is 0 Å². The molecule has 0 N–H and O–H groups in total. The summed E-state index contributed by atoms with van der Waals surface area (Å²) < 4.78 is 16.2. The maximum atomic E-state index is 11.5. The van der Waals surface area contributed by atoms with Crippen molar-refractivity contribution in [1.29, 1.82) is 0 Å². The molecule has 2 aromatic rings. The normalized spacial score (nSPS) is 10.0. The van der Waals surface area contributed by atoms with Crippen LogP contribution in [0.15, 0.2) is 48.5 Å². The van der Waals surface area contributed by atoms with Crippen molar-refractivity contribution in [2.24, 2.45) is 0 Å². The molecule has 0 fully saturated rings. The first-order chi connectivity index (χ1) is 10.2. The Morgan fingerprint density at radius 2 is 1.81 bits per heavy atom. The van der Waals surface area contributed by atoms with Crippen LogP contribution in [0.3, 0.4) is 0 Å². The quantitative estimate of drug-likeness (QED) is 0.601. The maximum absolute atomic E-state index is 11.5. The lowest BCUT2D eigenvalue weighted by molar-refractivity contribution is -0.134. The van der Waals surface area contributed by atoms with Crippen molar-refractivity contribution in [2.75, 3.05) is 7.11 Å². The summed E-state index contributed by atoms with van der Waals surface area (Å²) in [6, 6.07) is 14.9. The van der Waals surface area contributed by atoms with Crippen molar-refractivity contribution in [1.82, 2.24) is 0 Å². The van der Waals surface area contributed by atoms with Crippen molar-refractivity contribution in [2.45, 2.75) is 20.0 Å². The molecule has 0 radical (unpaired) electrons. The first-order valence-corrected chi connectivity index (χ1v) is 6.78. The summed E-state index contributed by atoms with van der Waals surface area (Å²) in [6.07, 6.45) is 0.310. The number of hydrogen-bond donors (Lipinski definition) is 0. The minimum Gasteiger partial charge on any atom is -0.497 e. The minimum absolute atomic E-state index is 0.301. The highest BCUT2D eigenvalue weighted by Crippen LogP contribution is 2.32. The fourth-order valence-electron chi connectivity index (χ4n) is 1.74. The van der Waals surface area contributed by atoms with Gasteiger partial charge in [0, 0.05) is 12.5 Å². The first-order valence-electron chi connectivity index (χ1n) is 6.78. The van der Waals surface area contributed by atoms with E-state index in [1.807, 2.05) is 30.3 Å². The van der Waals surface area contributed by atoms with E-state index in [1.54, 1.807) is 32.2 Å². The average Bonchev–Trinajstić information content (AvgIpc) is 2.54. The summed E-state index contributed by atoms with van der Waals surface area (Å²) in [4.78, 5) is 11.5. The second-order valence-corrected chi connectivity index (χ2v) is 4.41. The van der Waals surface area contributed by atoms with Crippen LogP contribution >= 0.6 is 0 Å². The SMILES string of the molecule is CCC(=O)Oc1ccc(OC)cc1OCc1ccccc1. The van der Waals surface area contributed by atoms with E-state index in [0.29, 0.717) is 30.3 Å². The van der Waals surface area contributed by atoms with Crippen molar-refractivity contribution >= 4 is 5.97 Å². The molecular weight excluding hydrogens is 268 g/mol. The molecule has 0 aliphatic rings. The van der Waals surface area contributed by atoms with Crippen LogP contribution in [0.4, 0.5) is 0 Å². The van der Waals surface area contributed by atoms with E-state index in [1.165, 1.54) is 0 Å². The standard InChI is InChI=1S/C17H18O4/c1-3-17(18)21-15-10-9-14(19-2)11-16(15)20-12-13-7-5-4-6-8-13/h4-11H,3,12H2,1-2H3. The van der Waals surface area contributed by atoms with Crippen LogP contribution in [-0.2, 0) is 11.4 Å². The van der Waals surface area contributed by atoms with Gasteiger partial charge in [-0.2, -0.15) is 0 Å². The van der Waals surface area contributed by atoms with Crippen molar-refractivity contribution < 1.29 is 19.0 Å². The van der Waals surface area contributed by atoms with Gasteiger partial charge in [0.1, 0.15) is 12.4 Å². The van der Waals surface area contributed by atoms with Crippen LogP contribution in [0, 0.1) is 0 Å². The summed E-state index contributed by atoms with van der Waals surface area (Å²) in [7, 11) is 1.58. The van der Waals surface area contributed by atoms with Gasteiger partial charge < -0.3 is 14.2 Å². The van der Waals surface area contributed by atoms with Gasteiger partial charge in [-0.3, -0.25) is 4.79 Å². The van der Waals surface area contributed by atoms with Gasteiger partial charge >= 0.3 is 5.97 Å². The number of carbonyl (C=O) groups excluding carboxylic acids is 1. The molecular formula is C17H18O4. The highest BCUT2D eigenvalue weighted by molar-refractivity contribution is 5.73. The second-order valence-electron chi connectivity index (χ2n) is 4.41. The molecule has 110 valence electrons. The van der Waals surface area contributed by atoms with E-state index < -0.39 is 0 Å². The molecule has 4 nitrogen and oxygen atoms in total. The lowest BCUT2D eigenvalue weighted by atomic mass is 10.2. The highest BCUT2D eigenvalue weighted by Gasteiger charge is 2.11. The highest BCUT2D eigenvalue weighted by atomic mass is 16.6. The Morgan fingerprint density at radius 1 is 1.05 bits per heavy atom. The number of carbonyl (C=O) groups is 1. The maximum Gasteiger partial charge on any atom is 0.311 e. The van der Waals surface area contributed by atoms with Crippen LogP contribution in [0.25, 0.3) is 0 Å². The molecule has 4 heteroatoms. The minimum atomic E-state index is -0.301. The predicted molar refractivity (Wildman–Crippen MR) is 79.7 cm³/mol. The Hall–Kier alpha value is -2.49. The van der Waals surface area contributed by atoms with E-state index in [9.17, 15) is 4.79 Å². The number of benzene rings is 2. The molecule has 0 saturated carbocycles. The van der Waals surface area contributed by atoms with Crippen LogP contribution in [0.2, 0.25) is 0 Å². The van der Waals surface area contributed by atoms with Gasteiger partial charge in [-0.1, -0.05) is 37.3 Å². The molecule has 0 bridgehead atoms. The van der Waals surface area contributed by atoms with Gasteiger partial charge in [0.2, 0.25) is 0 Å². The Bertz CT molecular complexity index is 593. The molecule has 0 saturated heterocycles. The molecule has 0 aliphatic carbocycles. The zero-order chi connectivity index (χ0) is 15.1. The average molecular weight is 286 g/mol. The fourth-order valence-corrected chi connectivity index (χ4v) is 1.74. The largest absolute Gasteiger partial charge is 0.497 e. The van der Waals surface area contributed by atoms with Gasteiger partial charge in [-0.25, -0.2) is 0 Å². The molecule has 0 heterocycles. The van der Waals surface area contributed by atoms with Gasteiger partial charge in [0.15, 0.2) is 11.5 Å². The van der Waals surface area contributed by atoms with E-state index in [4.69, 9.17) is 14.2 Å². The molecule has 0 atom stereocenters. The second kappa shape index (κ2) is 7.33. The zero-order valence-electron chi connectivity index (χ0n) is 12.2. The van der Waals surface area contributed by atoms with E-state index in [2.05, 4.69) is 0 Å². The number of esters is 1. The van der Waals surface area contributed by atoms with Gasteiger partial charge in [-0.15, -0.1) is 0 Å². The van der Waals surface area contributed by atoms with E-state index in [0.717, 1.165) is 5.56 Å². The molecule has 21 heavy (non-hydrogen) atoms. The summed E-state index contributed by atoms with van der Waals surface area (Å²) in [6.45, 7) is 2.14. The Kier molecular flexibility index (Phi) is 5.21. The zero-order valence-corrected chi connectivity index (χ0v) is 12.2. The molecule has 0 spiro atoms. The van der Waals surface area contributed by atoms with E-state index >= 15 is 0 Å². The summed E-state index contributed by atoms with van der Waals surface area (Å²) in [5.74, 6) is 1.23. The summed E-state index contributed by atoms with van der Waals surface area (Å²) >= 11 is 0. The van der Waals surface area contributed by atoms with Crippen LogP contribution < -0.4 is 14.2 Å². The number of rotatable bonds is 6. The monoisotopic (exact) mass is 286 g/mol. The topological polar surface area (TPSA) is 44.8 Å². The summed E-state index contributed by atoms with van der Waals surface area (Å²) in [5, 5.41) is 0. The molecule has 0 aliphatic heterocycles. The molecule has 0 aromatic heterocycles. The van der Waals surface area contributed by atoms with E-state index in [-0.39, 0.29) is 5.97 Å². The fraction of sp³-hybridized carbons (Fsp3) is 0.235. The first kappa shape index (κ1) is 14.9. The third-order valence-electron chi connectivity index (χ3n) is 2.90. The molecule has 2 aromatic carbocycles. The Morgan fingerprint density at radius 3 is 2.48 bits per heavy atom. The smallest absolute Gasteiger partial charge is 0.311 e. The Balaban J connectivity index is 2.16. The lowest BCUT2D eigenvalue weighted by Crippen LogP contribution is -2.07. The van der Waals surface area contributed by atoms with Gasteiger partial charge in [0.05, 0.1) is 7.11 Å². The van der Waals surface area contributed by atoms with Crippen LogP contribution in [0.1, 0.15) is 18.9 Å². The molecule has 0 unspecified atom stereocenters. The molecule has 2 rings (SSSR count). The molecule has 0 amide bonds. The third-order valence-corrected chi connectivity index (χ3v) is 2.90. The lowest BCUT2D eigenvalue weighted by Gasteiger charge is -2.12. The van der Waals surface area contributed by atoms with Crippen LogP contribution in [0.5, 0.6) is 17.2 Å². The van der Waals surface area contributed by atoms with Gasteiger partial charge in [0.25, 0.3) is 0 Å². The summed E-state index contributed by atoms with van der Waals surface area (Å²) in [5.41, 5.74) is 1.04. The van der Waals surface area contributed by atoms with Crippen molar-refractivity contribution in [3.8, 4) is 17.2 Å². The predicted octanol–water partition coefficient (Wildman–Crippen LogP) is 3.59. The number of hydrogen-bond acceptors (Lipinski definition) is 4. The Labute approximate surface area is 124 Å². The van der Waals surface area contributed by atoms with Crippen LogP contribution in [-0.4, -0.2) is 13.1 Å². The number of methoxy groups -OCH3 is 1. The number of ether oxygens (including phenoxy) is 3. The van der Waals surface area contributed by atoms with Crippen molar-refractivity contribution in [3.05, 3.63) is 54.1 Å². The van der Waals surface area contributed by atoms with Gasteiger partial charge in [-0.05, 0) is 17.7 Å². The third kappa shape index (κ3) is 4.24.